The second-order valence-corrected chi connectivity index (χ2v) is 11.5. The van der Waals surface area contributed by atoms with Crippen molar-refractivity contribution in [3.8, 4) is 0 Å². The Kier molecular flexibility index (Phi) is 6.85. The number of carbonyl (C=O) groups excluding carboxylic acids is 3. The molecule has 198 valence electrons. The molecule has 4 N–H and O–H groups in total. The maximum atomic E-state index is 13.1. The number of hydrogen-bond donors (Lipinski definition) is 3. The number of amides is 2. The summed E-state index contributed by atoms with van der Waals surface area (Å²) in [6, 6.07) is -0.467. The van der Waals surface area contributed by atoms with Crippen molar-refractivity contribution in [1.29, 1.82) is 0 Å². The Bertz CT molecular complexity index is 1200. The SMILES string of the molecule is Nc1nc(/C(=N/OCC(=O)O)C(=O)N[C@@H]2C(=O)N3C(C(=O)[O-])=C(C[N+]45CCCC4CCC5)CS[C@H]23)cs1. The lowest BCUT2D eigenvalue weighted by atomic mass is 10.0. The average molecular weight is 551 g/mol. The van der Waals surface area contributed by atoms with Gasteiger partial charge in [0.15, 0.2) is 10.8 Å². The molecule has 5 heterocycles. The number of quaternary nitrogens is 1. The number of rotatable bonds is 9. The molecule has 0 spiro atoms. The lowest BCUT2D eigenvalue weighted by Gasteiger charge is -2.51. The van der Waals surface area contributed by atoms with Gasteiger partial charge in [0.2, 0.25) is 6.61 Å². The number of β-lactam (4-membered cyclic amide) rings is 1. The van der Waals surface area contributed by atoms with E-state index in [-0.39, 0.29) is 22.2 Å². The van der Waals surface area contributed by atoms with Gasteiger partial charge in [0.05, 0.1) is 30.8 Å². The number of oxime groups is 1. The fourth-order valence-corrected chi connectivity index (χ4v) is 7.76. The lowest BCUT2D eigenvalue weighted by Crippen LogP contribution is -2.72. The summed E-state index contributed by atoms with van der Waals surface area (Å²) in [7, 11) is 0. The van der Waals surface area contributed by atoms with E-state index in [1.807, 2.05) is 0 Å². The number of aliphatic carboxylic acids is 2. The average Bonchev–Trinajstić information content (AvgIpc) is 3.55. The van der Waals surface area contributed by atoms with E-state index in [2.05, 4.69) is 15.5 Å². The molecule has 5 rings (SSSR count). The highest BCUT2D eigenvalue weighted by Crippen LogP contribution is 2.43. The summed E-state index contributed by atoms with van der Waals surface area (Å²) in [5, 5.41) is 28.1. The smallest absolute Gasteiger partial charge is 0.344 e. The van der Waals surface area contributed by atoms with Crippen LogP contribution in [0.25, 0.3) is 0 Å². The number of nitrogens with one attached hydrogen (secondary N) is 1. The maximum Gasteiger partial charge on any atom is 0.344 e. The molecule has 1 aromatic heterocycles. The highest BCUT2D eigenvalue weighted by Gasteiger charge is 2.55. The van der Waals surface area contributed by atoms with E-state index in [1.54, 1.807) is 0 Å². The number of hydrogen-bond acceptors (Lipinski definition) is 11. The number of carbonyl (C=O) groups is 4. The van der Waals surface area contributed by atoms with Crippen LogP contribution in [0.5, 0.6) is 0 Å². The Labute approximate surface area is 219 Å². The molecule has 3 fully saturated rings. The molecule has 4 aliphatic heterocycles. The summed E-state index contributed by atoms with van der Waals surface area (Å²) in [5.74, 6) is -3.66. The van der Waals surface area contributed by atoms with Crippen molar-refractivity contribution < 1.29 is 38.7 Å². The molecular weight excluding hydrogens is 524 g/mol. The van der Waals surface area contributed by atoms with Crippen LogP contribution in [0.1, 0.15) is 31.4 Å². The minimum Gasteiger partial charge on any atom is -0.543 e. The van der Waals surface area contributed by atoms with Crippen molar-refractivity contribution in [3.63, 3.8) is 0 Å². The van der Waals surface area contributed by atoms with Gasteiger partial charge in [-0.3, -0.25) is 14.5 Å². The first-order chi connectivity index (χ1) is 17.7. The Morgan fingerprint density at radius 1 is 1.32 bits per heavy atom. The zero-order valence-corrected chi connectivity index (χ0v) is 21.4. The van der Waals surface area contributed by atoms with E-state index in [0.29, 0.717) is 23.9 Å². The Balaban J connectivity index is 1.33. The predicted octanol–water partition coefficient (Wildman–Crippen LogP) is -1.29. The number of nitrogens with two attached hydrogens (primary N) is 1. The number of fused-ring (bicyclic) bond motifs is 2. The zero-order chi connectivity index (χ0) is 26.3. The first-order valence-corrected chi connectivity index (χ1v) is 13.8. The molecule has 2 atom stereocenters. The minimum atomic E-state index is -1.39. The van der Waals surface area contributed by atoms with Gasteiger partial charge in [0.1, 0.15) is 23.7 Å². The first kappa shape index (κ1) is 25.5. The standard InChI is InChI=1S/C22H26N6O7S2/c23-22-24-13(10-37-22)15(26-35-8-14(29)30)18(31)25-16-19(32)27-17(21(33)34)11(9-36-20(16)27)7-28-5-1-3-12(28)4-2-6-28/h10,12,16,20H,1-9H2,(H4-,23,24,25,29,30,31,33,34)/b26-15-/t12?,16-,20-,28?/m1/s1. The Hall–Kier alpha value is -3.17. The molecule has 1 aromatic rings. The molecule has 15 heteroatoms. The third-order valence-corrected chi connectivity index (χ3v) is 9.43. The minimum absolute atomic E-state index is 0.0580. The summed E-state index contributed by atoms with van der Waals surface area (Å²) in [4.78, 5) is 59.0. The number of nitrogens with zero attached hydrogens (tertiary/aromatic N) is 4. The highest BCUT2D eigenvalue weighted by molar-refractivity contribution is 8.00. The Morgan fingerprint density at radius 3 is 2.68 bits per heavy atom. The summed E-state index contributed by atoms with van der Waals surface area (Å²) < 4.78 is 0.881. The van der Waals surface area contributed by atoms with Crippen molar-refractivity contribution in [2.24, 2.45) is 5.16 Å². The normalized spacial score (nSPS) is 29.0. The molecule has 0 aromatic carbocycles. The summed E-state index contributed by atoms with van der Waals surface area (Å²) in [6.07, 6.45) is 4.53. The molecule has 0 saturated carbocycles. The van der Waals surface area contributed by atoms with Crippen molar-refractivity contribution in [2.75, 3.05) is 37.7 Å². The molecule has 0 unspecified atom stereocenters. The molecule has 4 aliphatic rings. The number of thioether (sulfide) groups is 1. The van der Waals surface area contributed by atoms with Crippen LogP contribution in [0.15, 0.2) is 21.8 Å². The molecule has 0 aliphatic carbocycles. The molecular formula is C22H26N6O7S2. The molecule has 2 amide bonds. The van der Waals surface area contributed by atoms with Crippen molar-refractivity contribution in [2.45, 2.75) is 43.1 Å². The van der Waals surface area contributed by atoms with Gasteiger partial charge >= 0.3 is 5.97 Å². The van der Waals surface area contributed by atoms with Crippen LogP contribution in [-0.2, 0) is 24.0 Å². The van der Waals surface area contributed by atoms with E-state index in [4.69, 9.17) is 15.7 Å². The number of carboxylic acids is 2. The van der Waals surface area contributed by atoms with Gasteiger partial charge < -0.3 is 35.4 Å². The molecule has 0 radical (unpaired) electrons. The van der Waals surface area contributed by atoms with Crippen LogP contribution < -0.4 is 16.2 Å². The predicted molar refractivity (Wildman–Crippen MR) is 131 cm³/mol. The Morgan fingerprint density at radius 2 is 2.05 bits per heavy atom. The summed E-state index contributed by atoms with van der Waals surface area (Å²) in [6.45, 7) is 1.84. The number of anilines is 1. The van der Waals surface area contributed by atoms with Crippen LogP contribution in [-0.4, -0.2) is 98.4 Å². The molecule has 0 bridgehead atoms. The number of thiazole rings is 1. The number of nitrogen functional groups attached to an aromatic ring is 1. The van der Waals surface area contributed by atoms with Crippen molar-refractivity contribution >= 4 is 57.7 Å². The summed E-state index contributed by atoms with van der Waals surface area (Å²) >= 11 is 2.44. The maximum absolute atomic E-state index is 13.1. The van der Waals surface area contributed by atoms with Crippen LogP contribution in [0.4, 0.5) is 5.13 Å². The number of carboxylic acid groups (broad SMARTS) is 2. The zero-order valence-electron chi connectivity index (χ0n) is 19.8. The van der Waals surface area contributed by atoms with Crippen LogP contribution in [0.3, 0.4) is 0 Å². The van der Waals surface area contributed by atoms with Crippen molar-refractivity contribution in [3.05, 3.63) is 22.3 Å². The van der Waals surface area contributed by atoms with E-state index >= 15 is 0 Å². The molecule has 13 nitrogen and oxygen atoms in total. The van der Waals surface area contributed by atoms with Crippen LogP contribution in [0, 0.1) is 0 Å². The molecule has 3 saturated heterocycles. The fourth-order valence-electron chi connectivity index (χ4n) is 5.88. The first-order valence-electron chi connectivity index (χ1n) is 11.9. The van der Waals surface area contributed by atoms with Gasteiger partial charge in [-0.15, -0.1) is 23.1 Å². The van der Waals surface area contributed by atoms with E-state index in [9.17, 15) is 24.3 Å². The quantitative estimate of drug-likeness (QED) is 0.144. The van der Waals surface area contributed by atoms with Gasteiger partial charge in [-0.1, -0.05) is 5.16 Å². The van der Waals surface area contributed by atoms with Gasteiger partial charge in [-0.25, -0.2) is 9.78 Å². The van der Waals surface area contributed by atoms with E-state index in [1.165, 1.54) is 22.0 Å². The highest BCUT2D eigenvalue weighted by atomic mass is 32.2. The van der Waals surface area contributed by atoms with Gasteiger partial charge in [0.25, 0.3) is 11.8 Å². The van der Waals surface area contributed by atoms with Gasteiger partial charge in [-0.05, 0) is 0 Å². The van der Waals surface area contributed by atoms with Crippen molar-refractivity contribution in [1.82, 2.24) is 15.2 Å². The second kappa shape index (κ2) is 9.95. The van der Waals surface area contributed by atoms with E-state index in [0.717, 1.165) is 54.6 Å². The van der Waals surface area contributed by atoms with Crippen LogP contribution >= 0.6 is 23.1 Å². The summed E-state index contributed by atoms with van der Waals surface area (Å²) in [5.41, 5.74) is 5.97. The van der Waals surface area contributed by atoms with E-state index < -0.39 is 41.8 Å². The third-order valence-electron chi connectivity index (χ3n) is 7.41. The van der Waals surface area contributed by atoms with Gasteiger partial charge in [0, 0.05) is 42.4 Å². The second-order valence-electron chi connectivity index (χ2n) is 9.54. The van der Waals surface area contributed by atoms with Crippen LogP contribution in [0.2, 0.25) is 0 Å². The number of aromatic nitrogens is 1. The molecule has 37 heavy (non-hydrogen) atoms. The topological polar surface area (TPSA) is 187 Å². The fraction of sp³-hybridized carbons (Fsp3) is 0.545. The lowest BCUT2D eigenvalue weighted by molar-refractivity contribution is -0.922. The largest absolute Gasteiger partial charge is 0.543 e. The van der Waals surface area contributed by atoms with Gasteiger partial charge in [-0.2, -0.15) is 0 Å². The monoisotopic (exact) mass is 550 g/mol. The third kappa shape index (κ3) is 4.66.